The third-order valence-corrected chi connectivity index (χ3v) is 3.75. The Labute approximate surface area is 113 Å². The summed E-state index contributed by atoms with van der Waals surface area (Å²) >= 11 is 5.82. The van der Waals surface area contributed by atoms with E-state index in [-0.39, 0.29) is 11.4 Å². The summed E-state index contributed by atoms with van der Waals surface area (Å²) in [5, 5.41) is 0.356. The van der Waals surface area contributed by atoms with Gasteiger partial charge >= 0.3 is 0 Å². The maximum absolute atomic E-state index is 12.3. The second kappa shape index (κ2) is 4.86. The van der Waals surface area contributed by atoms with Gasteiger partial charge in [-0.25, -0.2) is 4.98 Å². The lowest BCUT2D eigenvalue weighted by molar-refractivity contribution is 0.0307. The Bertz CT molecular complexity index is 461. The highest BCUT2D eigenvalue weighted by Crippen LogP contribution is 2.20. The SMILES string of the molecule is CN1CCN(C(=O)c2cccc(Cl)n2)CC1(C)C. The molecule has 1 aromatic rings. The van der Waals surface area contributed by atoms with Gasteiger partial charge in [0.05, 0.1) is 0 Å². The second-order valence-electron chi connectivity index (χ2n) is 5.31. The number of likely N-dealkylation sites (N-methyl/N-ethyl adjacent to an activating group) is 1. The van der Waals surface area contributed by atoms with Crippen LogP contribution in [-0.4, -0.2) is 52.9 Å². The van der Waals surface area contributed by atoms with E-state index in [4.69, 9.17) is 11.6 Å². The summed E-state index contributed by atoms with van der Waals surface area (Å²) in [5.74, 6) is -0.0429. The van der Waals surface area contributed by atoms with Crippen molar-refractivity contribution in [3.05, 3.63) is 29.0 Å². The van der Waals surface area contributed by atoms with E-state index in [2.05, 4.69) is 30.8 Å². The summed E-state index contributed by atoms with van der Waals surface area (Å²) < 4.78 is 0. The standard InChI is InChI=1S/C13H18ClN3O/c1-13(2)9-17(8-7-16(13)3)12(18)10-5-4-6-11(14)15-10/h4-6H,7-9H2,1-3H3. The van der Waals surface area contributed by atoms with Crippen molar-refractivity contribution in [3.8, 4) is 0 Å². The minimum atomic E-state index is -0.0429. The normalized spacial score (nSPS) is 19.9. The maximum Gasteiger partial charge on any atom is 0.272 e. The lowest BCUT2D eigenvalue weighted by Gasteiger charge is -2.45. The fourth-order valence-corrected chi connectivity index (χ4v) is 2.27. The first-order chi connectivity index (χ1) is 8.40. The van der Waals surface area contributed by atoms with Crippen LogP contribution in [-0.2, 0) is 0 Å². The highest BCUT2D eigenvalue weighted by atomic mass is 35.5. The number of hydrogen-bond acceptors (Lipinski definition) is 3. The second-order valence-corrected chi connectivity index (χ2v) is 5.69. The average molecular weight is 268 g/mol. The first-order valence-electron chi connectivity index (χ1n) is 6.03. The molecule has 0 aromatic carbocycles. The molecule has 0 N–H and O–H groups in total. The molecule has 0 spiro atoms. The van der Waals surface area contributed by atoms with Gasteiger partial charge in [0.15, 0.2) is 0 Å². The van der Waals surface area contributed by atoms with Gasteiger partial charge in [-0.2, -0.15) is 0 Å². The number of piperazine rings is 1. The molecule has 1 amide bonds. The summed E-state index contributed by atoms with van der Waals surface area (Å²) in [6.45, 7) is 6.58. The smallest absolute Gasteiger partial charge is 0.272 e. The van der Waals surface area contributed by atoms with Crippen LogP contribution in [0, 0.1) is 0 Å². The van der Waals surface area contributed by atoms with Crippen molar-refractivity contribution >= 4 is 17.5 Å². The summed E-state index contributed by atoms with van der Waals surface area (Å²) in [7, 11) is 2.08. The van der Waals surface area contributed by atoms with Crippen LogP contribution in [0.15, 0.2) is 18.2 Å². The molecule has 1 fully saturated rings. The minimum Gasteiger partial charge on any atom is -0.334 e. The first-order valence-corrected chi connectivity index (χ1v) is 6.41. The van der Waals surface area contributed by atoms with Crippen LogP contribution in [0.3, 0.4) is 0 Å². The van der Waals surface area contributed by atoms with E-state index < -0.39 is 0 Å². The Morgan fingerprint density at radius 1 is 1.39 bits per heavy atom. The van der Waals surface area contributed by atoms with Gasteiger partial charge < -0.3 is 4.90 Å². The summed E-state index contributed by atoms with van der Waals surface area (Å²) in [6.07, 6.45) is 0. The highest BCUT2D eigenvalue weighted by Gasteiger charge is 2.33. The monoisotopic (exact) mass is 267 g/mol. The summed E-state index contributed by atoms with van der Waals surface area (Å²) in [4.78, 5) is 20.5. The zero-order valence-electron chi connectivity index (χ0n) is 11.0. The van der Waals surface area contributed by atoms with E-state index in [1.165, 1.54) is 0 Å². The lowest BCUT2D eigenvalue weighted by Crippen LogP contribution is -2.58. The number of nitrogens with zero attached hydrogens (tertiary/aromatic N) is 3. The number of amides is 1. The predicted octanol–water partition coefficient (Wildman–Crippen LogP) is 1.90. The molecular formula is C13H18ClN3O. The Morgan fingerprint density at radius 2 is 2.11 bits per heavy atom. The summed E-state index contributed by atoms with van der Waals surface area (Å²) in [6, 6.07) is 5.13. The van der Waals surface area contributed by atoms with E-state index in [0.29, 0.717) is 17.4 Å². The minimum absolute atomic E-state index is 0.00746. The van der Waals surface area contributed by atoms with Gasteiger partial charge in [0.2, 0.25) is 0 Å². The fourth-order valence-electron chi connectivity index (χ4n) is 2.10. The van der Waals surface area contributed by atoms with Crippen LogP contribution in [0.25, 0.3) is 0 Å². The van der Waals surface area contributed by atoms with E-state index in [1.54, 1.807) is 18.2 Å². The molecule has 0 atom stereocenters. The molecule has 0 unspecified atom stereocenters. The quantitative estimate of drug-likeness (QED) is 0.730. The third-order valence-electron chi connectivity index (χ3n) is 3.54. The Balaban J connectivity index is 2.15. The molecule has 0 saturated carbocycles. The van der Waals surface area contributed by atoms with Crippen molar-refractivity contribution in [2.45, 2.75) is 19.4 Å². The lowest BCUT2D eigenvalue weighted by atomic mass is 9.99. The maximum atomic E-state index is 12.3. The number of halogens is 1. The molecule has 2 rings (SSSR count). The molecule has 2 heterocycles. The molecule has 18 heavy (non-hydrogen) atoms. The number of rotatable bonds is 1. The molecule has 1 saturated heterocycles. The topological polar surface area (TPSA) is 36.4 Å². The Hall–Kier alpha value is -1.13. The van der Waals surface area contributed by atoms with Crippen molar-refractivity contribution in [1.82, 2.24) is 14.8 Å². The largest absolute Gasteiger partial charge is 0.334 e. The zero-order valence-corrected chi connectivity index (χ0v) is 11.7. The van der Waals surface area contributed by atoms with Crippen molar-refractivity contribution in [2.75, 3.05) is 26.7 Å². The van der Waals surface area contributed by atoms with Crippen LogP contribution in [0.2, 0.25) is 5.15 Å². The molecule has 1 aliphatic heterocycles. The average Bonchev–Trinajstić information content (AvgIpc) is 2.31. The molecule has 0 bridgehead atoms. The van der Waals surface area contributed by atoms with Crippen molar-refractivity contribution in [3.63, 3.8) is 0 Å². The molecular weight excluding hydrogens is 250 g/mol. The van der Waals surface area contributed by atoms with E-state index in [1.807, 2.05) is 4.90 Å². The Morgan fingerprint density at radius 3 is 2.72 bits per heavy atom. The van der Waals surface area contributed by atoms with Crippen molar-refractivity contribution in [2.24, 2.45) is 0 Å². The van der Waals surface area contributed by atoms with Gasteiger partial charge in [-0.05, 0) is 33.0 Å². The molecule has 5 heteroatoms. The number of hydrogen-bond donors (Lipinski definition) is 0. The predicted molar refractivity (Wildman–Crippen MR) is 71.9 cm³/mol. The van der Waals surface area contributed by atoms with Gasteiger partial charge in [-0.1, -0.05) is 17.7 Å². The number of aromatic nitrogens is 1. The van der Waals surface area contributed by atoms with E-state index >= 15 is 0 Å². The number of carbonyl (C=O) groups is 1. The van der Waals surface area contributed by atoms with E-state index in [0.717, 1.165) is 13.1 Å². The fraction of sp³-hybridized carbons (Fsp3) is 0.538. The molecule has 1 aromatic heterocycles. The highest BCUT2D eigenvalue weighted by molar-refractivity contribution is 6.29. The number of carbonyl (C=O) groups excluding carboxylic acids is 1. The third kappa shape index (κ3) is 2.65. The number of pyridine rings is 1. The van der Waals surface area contributed by atoms with Gasteiger partial charge in [0.1, 0.15) is 10.8 Å². The van der Waals surface area contributed by atoms with Crippen LogP contribution in [0.4, 0.5) is 0 Å². The Kier molecular flexibility index (Phi) is 3.59. The first kappa shape index (κ1) is 13.3. The summed E-state index contributed by atoms with van der Waals surface area (Å²) in [5.41, 5.74) is 0.412. The van der Waals surface area contributed by atoms with Crippen LogP contribution in [0.5, 0.6) is 0 Å². The molecule has 0 aliphatic carbocycles. The molecule has 4 nitrogen and oxygen atoms in total. The molecule has 98 valence electrons. The zero-order chi connectivity index (χ0) is 13.3. The van der Waals surface area contributed by atoms with E-state index in [9.17, 15) is 4.79 Å². The van der Waals surface area contributed by atoms with Crippen LogP contribution >= 0.6 is 11.6 Å². The molecule has 1 aliphatic rings. The van der Waals surface area contributed by atoms with Crippen LogP contribution < -0.4 is 0 Å². The van der Waals surface area contributed by atoms with Gasteiger partial charge in [-0.3, -0.25) is 9.69 Å². The van der Waals surface area contributed by atoms with Crippen LogP contribution in [0.1, 0.15) is 24.3 Å². The van der Waals surface area contributed by atoms with Gasteiger partial charge in [-0.15, -0.1) is 0 Å². The van der Waals surface area contributed by atoms with Gasteiger partial charge in [0, 0.05) is 25.2 Å². The van der Waals surface area contributed by atoms with Crippen molar-refractivity contribution in [1.29, 1.82) is 0 Å². The van der Waals surface area contributed by atoms with Crippen molar-refractivity contribution < 1.29 is 4.79 Å². The molecule has 0 radical (unpaired) electrons. The van der Waals surface area contributed by atoms with Gasteiger partial charge in [0.25, 0.3) is 5.91 Å².